The number of nitrogens with zero attached hydrogens (tertiary/aromatic N) is 3. The Bertz CT molecular complexity index is 1620. The molecule has 0 bridgehead atoms. The van der Waals surface area contributed by atoms with E-state index in [4.69, 9.17) is 23.2 Å². The third-order valence-corrected chi connectivity index (χ3v) is 8.04. The van der Waals surface area contributed by atoms with Crippen molar-refractivity contribution >= 4 is 69.0 Å². The van der Waals surface area contributed by atoms with Crippen LogP contribution in [0.5, 0.6) is 0 Å². The Labute approximate surface area is 216 Å². The third kappa shape index (κ3) is 5.73. The van der Waals surface area contributed by atoms with Gasteiger partial charge in [0.2, 0.25) is 5.91 Å². The first-order valence-electron chi connectivity index (χ1n) is 10.2. The predicted octanol–water partition coefficient (Wildman–Crippen LogP) is 4.62. The smallest absolute Gasteiger partial charge is 0.326 e. The lowest BCUT2D eigenvalue weighted by molar-refractivity contribution is -0.114. The van der Waals surface area contributed by atoms with E-state index in [2.05, 4.69) is 10.3 Å². The number of benzene rings is 2. The van der Waals surface area contributed by atoms with Gasteiger partial charge in [0.15, 0.2) is 0 Å². The molecule has 188 valence electrons. The Balaban J connectivity index is 1.80. The Morgan fingerprint density at radius 1 is 1.08 bits per heavy atom. The van der Waals surface area contributed by atoms with E-state index in [1.807, 2.05) is 0 Å². The molecule has 2 aromatic heterocycles. The number of sulfonamides is 1. The van der Waals surface area contributed by atoms with Gasteiger partial charge < -0.3 is 19.7 Å². The van der Waals surface area contributed by atoms with Crippen LogP contribution in [0.1, 0.15) is 6.92 Å². The fraction of sp³-hybridized carbons (Fsp3) is 0.0909. The zero-order chi connectivity index (χ0) is 26.3. The van der Waals surface area contributed by atoms with Gasteiger partial charge in [-0.2, -0.15) is 0 Å². The molecule has 0 aliphatic heterocycles. The maximum absolute atomic E-state index is 13.4. The number of fused-ring (bicyclic) bond motifs is 1. The van der Waals surface area contributed by atoms with Gasteiger partial charge in [-0.3, -0.25) is 13.7 Å². The van der Waals surface area contributed by atoms with Crippen molar-refractivity contribution in [3.63, 3.8) is 0 Å². The van der Waals surface area contributed by atoms with Crippen LogP contribution < -0.4 is 9.62 Å². The summed E-state index contributed by atoms with van der Waals surface area (Å²) in [7, 11) is -9.27. The molecule has 0 saturated heterocycles. The van der Waals surface area contributed by atoms with Crippen LogP contribution in [0.25, 0.3) is 16.7 Å². The van der Waals surface area contributed by atoms with Crippen molar-refractivity contribution in [2.24, 2.45) is 0 Å². The second kappa shape index (κ2) is 9.85. The van der Waals surface area contributed by atoms with Crippen molar-refractivity contribution in [3.05, 3.63) is 77.0 Å². The summed E-state index contributed by atoms with van der Waals surface area (Å²) < 4.78 is 41.1. The van der Waals surface area contributed by atoms with Gasteiger partial charge in [0, 0.05) is 46.5 Å². The normalized spacial score (nSPS) is 12.0. The molecule has 4 rings (SSSR count). The minimum absolute atomic E-state index is 0.0274. The fourth-order valence-corrected chi connectivity index (χ4v) is 6.99. The maximum atomic E-state index is 13.4. The van der Waals surface area contributed by atoms with E-state index in [9.17, 15) is 27.6 Å². The molecular formula is C22H19Cl2N4O6PS. The molecule has 3 N–H and O–H groups in total. The van der Waals surface area contributed by atoms with Gasteiger partial charge in [0.05, 0.1) is 16.1 Å². The molecule has 0 atom stereocenters. The third-order valence-electron chi connectivity index (χ3n) is 5.01. The summed E-state index contributed by atoms with van der Waals surface area (Å²) in [5, 5.41) is 3.37. The molecule has 0 radical (unpaired) electrons. The number of halogens is 2. The van der Waals surface area contributed by atoms with E-state index >= 15 is 0 Å². The van der Waals surface area contributed by atoms with Gasteiger partial charge >= 0.3 is 7.60 Å². The summed E-state index contributed by atoms with van der Waals surface area (Å²) in [6, 6.07) is 13.2. The highest BCUT2D eigenvalue weighted by atomic mass is 35.5. The van der Waals surface area contributed by atoms with Crippen LogP contribution in [0, 0.1) is 0 Å². The number of aromatic nitrogens is 2. The van der Waals surface area contributed by atoms with Crippen molar-refractivity contribution in [2.45, 2.75) is 11.8 Å². The number of pyridine rings is 1. The van der Waals surface area contributed by atoms with Crippen molar-refractivity contribution in [2.75, 3.05) is 15.9 Å². The van der Waals surface area contributed by atoms with Crippen LogP contribution in [0.4, 0.5) is 11.4 Å². The number of anilines is 2. The molecule has 1 amide bonds. The average molecular weight is 569 g/mol. The number of amides is 1. The van der Waals surface area contributed by atoms with Crippen LogP contribution in [0.3, 0.4) is 0 Å². The summed E-state index contributed by atoms with van der Waals surface area (Å²) in [6.07, 6.45) is 2.14. The van der Waals surface area contributed by atoms with Crippen molar-refractivity contribution < 1.29 is 27.6 Å². The van der Waals surface area contributed by atoms with E-state index in [1.54, 1.807) is 35.0 Å². The van der Waals surface area contributed by atoms with Crippen molar-refractivity contribution in [3.8, 4) is 5.82 Å². The van der Waals surface area contributed by atoms with Gasteiger partial charge in [-0.15, -0.1) is 0 Å². The van der Waals surface area contributed by atoms with E-state index < -0.39 is 23.9 Å². The zero-order valence-corrected chi connectivity index (χ0v) is 21.8. The van der Waals surface area contributed by atoms with Crippen LogP contribution in [0.2, 0.25) is 10.0 Å². The Kier molecular flexibility index (Phi) is 7.16. The Morgan fingerprint density at radius 3 is 2.42 bits per heavy atom. The van der Waals surface area contributed by atoms with Crippen LogP contribution in [-0.2, 0) is 19.4 Å². The molecule has 0 saturated carbocycles. The molecule has 0 aliphatic rings. The number of hydrogen-bond acceptors (Lipinski definition) is 5. The fourth-order valence-electron chi connectivity index (χ4n) is 3.58. The number of carbonyl (C=O) groups is 1. The van der Waals surface area contributed by atoms with Crippen molar-refractivity contribution in [1.82, 2.24) is 9.55 Å². The number of nitrogens with one attached hydrogen (secondary N) is 1. The standard InChI is InChI=1S/C22H19Cl2N4O6PS/c1-14(29)26-18-4-6-25-22(12-18)27-7-5-15-8-19(2-3-21(15)27)28(13-35(30,31)32)36(33,34)20-10-16(23)9-17(24)11-20/h2-12H,13H2,1H3,(H,25,26,29)(H2,30,31,32). The van der Waals surface area contributed by atoms with E-state index in [0.717, 1.165) is 12.1 Å². The van der Waals surface area contributed by atoms with Gasteiger partial charge in [-0.05, 0) is 48.5 Å². The minimum atomic E-state index is -4.82. The second-order valence-electron chi connectivity index (χ2n) is 7.78. The topological polar surface area (TPSA) is 142 Å². The number of rotatable bonds is 7. The molecule has 2 heterocycles. The van der Waals surface area contributed by atoms with Crippen LogP contribution in [-0.4, -0.2) is 39.9 Å². The predicted molar refractivity (Wildman–Crippen MR) is 138 cm³/mol. The summed E-state index contributed by atoms with van der Waals surface area (Å²) in [6.45, 7) is 1.39. The van der Waals surface area contributed by atoms with Gasteiger partial charge in [0.25, 0.3) is 10.0 Å². The summed E-state index contributed by atoms with van der Waals surface area (Å²) >= 11 is 11.9. The lowest BCUT2D eigenvalue weighted by atomic mass is 10.2. The van der Waals surface area contributed by atoms with Crippen LogP contribution in [0.15, 0.2) is 71.9 Å². The zero-order valence-electron chi connectivity index (χ0n) is 18.5. The largest absolute Gasteiger partial charge is 0.345 e. The van der Waals surface area contributed by atoms with Crippen molar-refractivity contribution in [1.29, 1.82) is 0 Å². The highest BCUT2D eigenvalue weighted by Gasteiger charge is 2.32. The lowest BCUT2D eigenvalue weighted by Crippen LogP contribution is -2.32. The maximum Gasteiger partial charge on any atom is 0.345 e. The molecule has 14 heteroatoms. The molecule has 0 aliphatic carbocycles. The van der Waals surface area contributed by atoms with E-state index in [0.29, 0.717) is 26.7 Å². The molecule has 0 fully saturated rings. The molecule has 10 nitrogen and oxygen atoms in total. The molecule has 4 aromatic rings. The summed E-state index contributed by atoms with van der Waals surface area (Å²) in [5.74, 6) is 0.263. The highest BCUT2D eigenvalue weighted by molar-refractivity contribution is 7.93. The number of carbonyl (C=O) groups excluding carboxylic acids is 1. The highest BCUT2D eigenvalue weighted by Crippen LogP contribution is 2.40. The average Bonchev–Trinajstić information content (AvgIpc) is 3.19. The number of hydrogen-bond donors (Lipinski definition) is 3. The molecule has 36 heavy (non-hydrogen) atoms. The van der Waals surface area contributed by atoms with Gasteiger partial charge in [-0.1, -0.05) is 23.2 Å². The SMILES string of the molecule is CC(=O)Nc1ccnc(-n2ccc3cc(N(CP(=O)(O)O)S(=O)(=O)c4cc(Cl)cc(Cl)c4)ccc32)c1. The van der Waals surface area contributed by atoms with E-state index in [1.165, 1.54) is 31.3 Å². The first-order valence-corrected chi connectivity index (χ1v) is 14.2. The molecule has 0 unspecified atom stereocenters. The monoisotopic (exact) mass is 568 g/mol. The van der Waals surface area contributed by atoms with Gasteiger partial charge in [0.1, 0.15) is 12.1 Å². The minimum Gasteiger partial charge on any atom is -0.326 e. The summed E-state index contributed by atoms with van der Waals surface area (Å²) in [5.41, 5.74) is 1.22. The first kappa shape index (κ1) is 26.2. The lowest BCUT2D eigenvalue weighted by Gasteiger charge is -2.25. The molecular weight excluding hydrogens is 550 g/mol. The van der Waals surface area contributed by atoms with Gasteiger partial charge in [-0.25, -0.2) is 13.4 Å². The second-order valence-corrected chi connectivity index (χ2v) is 12.1. The first-order chi connectivity index (χ1) is 16.8. The Morgan fingerprint density at radius 2 is 1.78 bits per heavy atom. The quantitative estimate of drug-likeness (QED) is 0.276. The van der Waals surface area contributed by atoms with E-state index in [-0.39, 0.29) is 26.5 Å². The summed E-state index contributed by atoms with van der Waals surface area (Å²) in [4.78, 5) is 34.7. The molecule has 2 aromatic carbocycles. The molecule has 0 spiro atoms. The Hall–Kier alpha value is -2.92. The van der Waals surface area contributed by atoms with Crippen LogP contribution >= 0.6 is 30.8 Å².